The predicted molar refractivity (Wildman–Crippen MR) is 86.4 cm³/mol. The summed E-state index contributed by atoms with van der Waals surface area (Å²) in [4.78, 5) is 6.75. The number of likely N-dealkylation sites (tertiary alicyclic amines) is 1. The van der Waals surface area contributed by atoms with E-state index in [0.29, 0.717) is 5.92 Å². The molecule has 118 valence electrons. The molecule has 0 spiro atoms. The van der Waals surface area contributed by atoms with E-state index in [2.05, 4.69) is 15.3 Å². The fraction of sp³-hybridized carbons (Fsp3) is 0.471. The number of methoxy groups -OCH3 is 1. The van der Waals surface area contributed by atoms with Gasteiger partial charge in [0.05, 0.1) is 17.3 Å². The van der Waals surface area contributed by atoms with Crippen molar-refractivity contribution in [2.45, 2.75) is 25.5 Å². The van der Waals surface area contributed by atoms with E-state index in [1.807, 2.05) is 11.6 Å². The molecule has 0 N–H and O–H groups in total. The molecule has 2 aromatic rings. The first kappa shape index (κ1) is 15.6. The maximum Gasteiger partial charge on any atom is 0.123 e. The zero-order chi connectivity index (χ0) is 15.4. The van der Waals surface area contributed by atoms with Crippen LogP contribution in [0.15, 0.2) is 35.2 Å². The quantitative estimate of drug-likeness (QED) is 0.845. The minimum atomic E-state index is -0.160. The van der Waals surface area contributed by atoms with Crippen LogP contribution in [0.25, 0.3) is 0 Å². The number of hydrogen-bond acceptors (Lipinski definition) is 4. The monoisotopic (exact) mass is 320 g/mol. The van der Waals surface area contributed by atoms with Crippen molar-refractivity contribution in [1.29, 1.82) is 0 Å². The minimum absolute atomic E-state index is 0.160. The first-order chi connectivity index (χ1) is 10.7. The minimum Gasteiger partial charge on any atom is -0.380 e. The van der Waals surface area contributed by atoms with Gasteiger partial charge in [0.15, 0.2) is 0 Å². The lowest BCUT2D eigenvalue weighted by atomic mass is 9.87. The summed E-state index contributed by atoms with van der Waals surface area (Å²) in [7, 11) is 1.77. The van der Waals surface area contributed by atoms with Crippen molar-refractivity contribution < 1.29 is 9.13 Å². The van der Waals surface area contributed by atoms with Gasteiger partial charge in [-0.1, -0.05) is 12.1 Å². The first-order valence-corrected chi connectivity index (χ1v) is 8.55. The van der Waals surface area contributed by atoms with Crippen LogP contribution in [0.4, 0.5) is 4.39 Å². The van der Waals surface area contributed by atoms with E-state index in [9.17, 15) is 4.39 Å². The van der Waals surface area contributed by atoms with Crippen LogP contribution in [0.3, 0.4) is 0 Å². The molecule has 0 unspecified atom stereocenters. The van der Waals surface area contributed by atoms with Gasteiger partial charge in [-0.25, -0.2) is 9.37 Å². The number of rotatable bonds is 5. The molecule has 0 saturated carbocycles. The van der Waals surface area contributed by atoms with Crippen LogP contribution in [0, 0.1) is 11.7 Å². The Balaban J connectivity index is 1.60. The fourth-order valence-electron chi connectivity index (χ4n) is 3.18. The van der Waals surface area contributed by atoms with Crippen molar-refractivity contribution in [3.8, 4) is 0 Å². The molecule has 22 heavy (non-hydrogen) atoms. The van der Waals surface area contributed by atoms with E-state index in [-0.39, 0.29) is 11.9 Å². The summed E-state index contributed by atoms with van der Waals surface area (Å²) in [5, 5.41) is 2.10. The molecular formula is C17H21FN2OS. The average molecular weight is 320 g/mol. The number of nitrogens with zero attached hydrogens (tertiary/aromatic N) is 2. The smallest absolute Gasteiger partial charge is 0.123 e. The van der Waals surface area contributed by atoms with Crippen molar-refractivity contribution in [1.82, 2.24) is 9.88 Å². The van der Waals surface area contributed by atoms with Crippen LogP contribution in [0.2, 0.25) is 0 Å². The molecule has 1 aliphatic heterocycles. The number of hydrogen-bond donors (Lipinski definition) is 0. The van der Waals surface area contributed by atoms with Crippen molar-refractivity contribution >= 4 is 11.3 Å². The Morgan fingerprint density at radius 2 is 2.36 bits per heavy atom. The number of benzene rings is 1. The Morgan fingerprint density at radius 3 is 3.09 bits per heavy atom. The molecule has 3 nitrogen and oxygen atoms in total. The molecule has 1 aromatic heterocycles. The molecule has 2 atom stereocenters. The highest BCUT2D eigenvalue weighted by Crippen LogP contribution is 2.25. The highest BCUT2D eigenvalue weighted by Gasteiger charge is 2.29. The Morgan fingerprint density at radius 1 is 1.45 bits per heavy atom. The zero-order valence-electron chi connectivity index (χ0n) is 12.7. The van der Waals surface area contributed by atoms with Crippen molar-refractivity contribution in [3.05, 3.63) is 52.2 Å². The van der Waals surface area contributed by atoms with E-state index in [0.717, 1.165) is 43.7 Å². The van der Waals surface area contributed by atoms with Gasteiger partial charge in [0, 0.05) is 25.6 Å². The van der Waals surface area contributed by atoms with Crippen LogP contribution in [-0.4, -0.2) is 36.2 Å². The Hall–Kier alpha value is -1.30. The van der Waals surface area contributed by atoms with E-state index in [1.165, 1.54) is 6.07 Å². The standard InChI is InChI=1S/C17H21FN2OS/c1-21-17-10-20(9-16-11-22-12-19-16)6-5-14(17)7-13-3-2-4-15(18)8-13/h2-4,8,11-12,14,17H,5-7,9-10H2,1H3/t14-,17+/m1/s1. The van der Waals surface area contributed by atoms with Gasteiger partial charge in [-0.2, -0.15) is 0 Å². The third-order valence-electron chi connectivity index (χ3n) is 4.34. The van der Waals surface area contributed by atoms with Crippen molar-refractivity contribution in [2.24, 2.45) is 5.92 Å². The summed E-state index contributed by atoms with van der Waals surface area (Å²) in [6.45, 7) is 2.83. The summed E-state index contributed by atoms with van der Waals surface area (Å²) in [5.41, 5.74) is 4.06. The van der Waals surface area contributed by atoms with Gasteiger partial charge < -0.3 is 4.74 Å². The SMILES string of the molecule is CO[C@H]1CN(Cc2cscn2)CC[C@@H]1Cc1cccc(F)c1. The van der Waals surface area contributed by atoms with Crippen LogP contribution in [0.1, 0.15) is 17.7 Å². The van der Waals surface area contributed by atoms with E-state index < -0.39 is 0 Å². The second-order valence-corrected chi connectivity index (χ2v) is 6.59. The molecule has 0 amide bonds. The number of piperidine rings is 1. The Labute approximate surface area is 134 Å². The summed E-state index contributed by atoms with van der Waals surface area (Å²) in [5.74, 6) is 0.283. The lowest BCUT2D eigenvalue weighted by Crippen LogP contribution is -2.45. The fourth-order valence-corrected chi connectivity index (χ4v) is 3.73. The number of ether oxygens (including phenoxy) is 1. The molecule has 0 aliphatic carbocycles. The molecule has 0 bridgehead atoms. The van der Waals surface area contributed by atoms with Crippen LogP contribution in [-0.2, 0) is 17.7 Å². The topological polar surface area (TPSA) is 25.4 Å². The van der Waals surface area contributed by atoms with Gasteiger partial charge in [0.25, 0.3) is 0 Å². The molecule has 5 heteroatoms. The maximum absolute atomic E-state index is 13.3. The van der Waals surface area contributed by atoms with E-state index in [4.69, 9.17) is 4.74 Å². The number of aromatic nitrogens is 1. The van der Waals surface area contributed by atoms with E-state index >= 15 is 0 Å². The Bertz CT molecular complexity index is 590. The summed E-state index contributed by atoms with van der Waals surface area (Å²) < 4.78 is 19.0. The molecule has 1 fully saturated rings. The van der Waals surface area contributed by atoms with Gasteiger partial charge in [-0.05, 0) is 43.0 Å². The second kappa shape index (κ2) is 7.31. The molecule has 0 radical (unpaired) electrons. The summed E-state index contributed by atoms with van der Waals surface area (Å²) in [6.07, 6.45) is 2.13. The van der Waals surface area contributed by atoms with Gasteiger partial charge >= 0.3 is 0 Å². The van der Waals surface area contributed by atoms with Crippen LogP contribution < -0.4 is 0 Å². The first-order valence-electron chi connectivity index (χ1n) is 7.61. The maximum atomic E-state index is 13.3. The molecule has 1 aliphatic rings. The number of halogens is 1. The average Bonchev–Trinajstić information content (AvgIpc) is 3.02. The normalized spacial score (nSPS) is 22.8. The third-order valence-corrected chi connectivity index (χ3v) is 4.97. The van der Waals surface area contributed by atoms with Gasteiger partial charge in [0.1, 0.15) is 5.82 Å². The van der Waals surface area contributed by atoms with Gasteiger partial charge in [-0.3, -0.25) is 4.90 Å². The molecular weight excluding hydrogens is 299 g/mol. The van der Waals surface area contributed by atoms with Gasteiger partial charge in [-0.15, -0.1) is 11.3 Å². The number of thiazole rings is 1. The highest BCUT2D eigenvalue weighted by atomic mass is 32.1. The summed E-state index contributed by atoms with van der Waals surface area (Å²) >= 11 is 1.63. The second-order valence-electron chi connectivity index (χ2n) is 5.87. The third kappa shape index (κ3) is 3.91. The van der Waals surface area contributed by atoms with Crippen molar-refractivity contribution in [2.75, 3.05) is 20.2 Å². The summed E-state index contributed by atoms with van der Waals surface area (Å²) in [6, 6.07) is 6.91. The molecule has 3 rings (SSSR count). The zero-order valence-corrected chi connectivity index (χ0v) is 13.6. The molecule has 1 saturated heterocycles. The highest BCUT2D eigenvalue weighted by molar-refractivity contribution is 7.07. The van der Waals surface area contributed by atoms with Crippen LogP contribution >= 0.6 is 11.3 Å². The molecule has 1 aromatic carbocycles. The lowest BCUT2D eigenvalue weighted by Gasteiger charge is -2.37. The van der Waals surface area contributed by atoms with E-state index in [1.54, 1.807) is 30.6 Å². The van der Waals surface area contributed by atoms with Gasteiger partial charge in [0.2, 0.25) is 0 Å². The van der Waals surface area contributed by atoms with Crippen molar-refractivity contribution in [3.63, 3.8) is 0 Å². The molecule has 2 heterocycles. The van der Waals surface area contributed by atoms with Crippen LogP contribution in [0.5, 0.6) is 0 Å². The lowest BCUT2D eigenvalue weighted by molar-refractivity contribution is -0.0139. The Kier molecular flexibility index (Phi) is 5.18. The largest absolute Gasteiger partial charge is 0.380 e. The predicted octanol–water partition coefficient (Wildman–Crippen LogP) is 3.36.